The first-order chi connectivity index (χ1) is 6.00. The summed E-state index contributed by atoms with van der Waals surface area (Å²) in [5.41, 5.74) is 0. The summed E-state index contributed by atoms with van der Waals surface area (Å²) >= 11 is 3.24. The van der Waals surface area contributed by atoms with Crippen LogP contribution in [-0.2, 0) is 4.79 Å². The molecule has 0 aromatic carbocycles. The van der Waals surface area contributed by atoms with E-state index in [0.29, 0.717) is 5.82 Å². The SMILES string of the molecule is CC(C)(Br)C(=O)Nc1cccnn1. The Labute approximate surface area is 84.9 Å². The predicted molar refractivity (Wildman–Crippen MR) is 53.7 cm³/mol. The van der Waals surface area contributed by atoms with Gasteiger partial charge in [-0.05, 0) is 26.0 Å². The van der Waals surface area contributed by atoms with Crippen molar-refractivity contribution in [1.29, 1.82) is 0 Å². The minimum atomic E-state index is -0.593. The largest absolute Gasteiger partial charge is 0.308 e. The number of carbonyl (C=O) groups excluding carboxylic acids is 1. The standard InChI is InChI=1S/C8H10BrN3O/c1-8(2,9)7(13)11-6-4-3-5-10-12-6/h3-5H,1-2H3,(H,11,12,13). The summed E-state index contributed by atoms with van der Waals surface area (Å²) in [7, 11) is 0. The highest BCUT2D eigenvalue weighted by molar-refractivity contribution is 9.10. The molecule has 0 spiro atoms. The molecule has 0 aliphatic carbocycles. The molecule has 0 atom stereocenters. The smallest absolute Gasteiger partial charge is 0.241 e. The molecule has 0 aliphatic rings. The first-order valence-corrected chi connectivity index (χ1v) is 4.57. The molecular weight excluding hydrogens is 234 g/mol. The molecule has 0 saturated carbocycles. The van der Waals surface area contributed by atoms with Gasteiger partial charge in [0.05, 0.1) is 4.32 Å². The quantitative estimate of drug-likeness (QED) is 0.803. The van der Waals surface area contributed by atoms with E-state index in [4.69, 9.17) is 0 Å². The molecule has 0 saturated heterocycles. The summed E-state index contributed by atoms with van der Waals surface area (Å²) in [5, 5.41) is 9.99. The highest BCUT2D eigenvalue weighted by atomic mass is 79.9. The van der Waals surface area contributed by atoms with E-state index in [1.54, 1.807) is 32.2 Å². The second kappa shape index (κ2) is 3.83. The van der Waals surface area contributed by atoms with Crippen molar-refractivity contribution in [2.45, 2.75) is 18.2 Å². The summed E-state index contributed by atoms with van der Waals surface area (Å²) < 4.78 is -0.593. The molecule has 1 rings (SSSR count). The fourth-order valence-electron chi connectivity index (χ4n) is 0.633. The molecule has 5 heteroatoms. The van der Waals surface area contributed by atoms with Crippen LogP contribution in [0.3, 0.4) is 0 Å². The van der Waals surface area contributed by atoms with E-state index in [2.05, 4.69) is 31.4 Å². The molecule has 0 radical (unpaired) electrons. The third-order valence-corrected chi connectivity index (χ3v) is 1.71. The lowest BCUT2D eigenvalue weighted by atomic mass is 10.2. The number of alkyl halides is 1. The van der Waals surface area contributed by atoms with Crippen LogP contribution in [0.25, 0.3) is 0 Å². The van der Waals surface area contributed by atoms with Crippen LogP contribution in [0.2, 0.25) is 0 Å². The zero-order valence-corrected chi connectivity index (χ0v) is 9.00. The molecule has 1 amide bonds. The van der Waals surface area contributed by atoms with Crippen molar-refractivity contribution in [3.63, 3.8) is 0 Å². The van der Waals surface area contributed by atoms with Gasteiger partial charge in [0.1, 0.15) is 0 Å². The average Bonchev–Trinajstić information content (AvgIpc) is 2.04. The number of rotatable bonds is 2. The van der Waals surface area contributed by atoms with Crippen LogP contribution in [0, 0.1) is 0 Å². The Morgan fingerprint density at radius 1 is 1.62 bits per heavy atom. The maximum atomic E-state index is 11.4. The number of nitrogens with one attached hydrogen (secondary N) is 1. The van der Waals surface area contributed by atoms with Gasteiger partial charge in [-0.3, -0.25) is 4.79 Å². The van der Waals surface area contributed by atoms with Crippen LogP contribution >= 0.6 is 15.9 Å². The maximum Gasteiger partial charge on any atom is 0.241 e. The first-order valence-electron chi connectivity index (χ1n) is 3.78. The molecule has 0 bridgehead atoms. The molecular formula is C8H10BrN3O. The van der Waals surface area contributed by atoms with Crippen LogP contribution < -0.4 is 5.32 Å². The van der Waals surface area contributed by atoms with Crippen LogP contribution in [-0.4, -0.2) is 20.4 Å². The first kappa shape index (κ1) is 10.1. The van der Waals surface area contributed by atoms with E-state index in [9.17, 15) is 4.79 Å². The number of nitrogens with zero attached hydrogens (tertiary/aromatic N) is 2. The van der Waals surface area contributed by atoms with Gasteiger partial charge in [0.25, 0.3) is 0 Å². The summed E-state index contributed by atoms with van der Waals surface area (Å²) in [6.07, 6.45) is 1.55. The third-order valence-electron chi connectivity index (χ3n) is 1.35. The Morgan fingerprint density at radius 2 is 2.31 bits per heavy atom. The summed E-state index contributed by atoms with van der Waals surface area (Å²) in [4.78, 5) is 11.4. The lowest BCUT2D eigenvalue weighted by Gasteiger charge is -2.14. The third kappa shape index (κ3) is 3.10. The molecule has 1 aromatic heterocycles. The topological polar surface area (TPSA) is 54.9 Å². The Balaban J connectivity index is 2.66. The van der Waals surface area contributed by atoms with Crippen LogP contribution in [0.5, 0.6) is 0 Å². The summed E-state index contributed by atoms with van der Waals surface area (Å²) in [6, 6.07) is 3.40. The number of amides is 1. The lowest BCUT2D eigenvalue weighted by molar-refractivity contribution is -0.117. The number of hydrogen-bond acceptors (Lipinski definition) is 3. The van der Waals surface area contributed by atoms with Crippen LogP contribution in [0.15, 0.2) is 18.3 Å². The number of halogens is 1. The van der Waals surface area contributed by atoms with Gasteiger partial charge in [-0.1, -0.05) is 15.9 Å². The van der Waals surface area contributed by atoms with Gasteiger partial charge < -0.3 is 5.32 Å². The molecule has 70 valence electrons. The van der Waals surface area contributed by atoms with Crippen molar-refractivity contribution in [3.8, 4) is 0 Å². The van der Waals surface area contributed by atoms with Crippen LogP contribution in [0.4, 0.5) is 5.82 Å². The number of aromatic nitrogens is 2. The number of carbonyl (C=O) groups is 1. The lowest BCUT2D eigenvalue weighted by Crippen LogP contribution is -2.31. The predicted octanol–water partition coefficient (Wildman–Crippen LogP) is 1.59. The van der Waals surface area contributed by atoms with Gasteiger partial charge in [-0.2, -0.15) is 5.10 Å². The Hall–Kier alpha value is -0.970. The maximum absolute atomic E-state index is 11.4. The highest BCUT2D eigenvalue weighted by Crippen LogP contribution is 2.17. The van der Waals surface area contributed by atoms with Crippen molar-refractivity contribution in [3.05, 3.63) is 18.3 Å². The van der Waals surface area contributed by atoms with E-state index < -0.39 is 4.32 Å². The van der Waals surface area contributed by atoms with E-state index >= 15 is 0 Å². The van der Waals surface area contributed by atoms with Crippen LogP contribution in [0.1, 0.15) is 13.8 Å². The zero-order valence-electron chi connectivity index (χ0n) is 7.41. The van der Waals surface area contributed by atoms with Gasteiger partial charge in [0, 0.05) is 6.20 Å². The fraction of sp³-hybridized carbons (Fsp3) is 0.375. The van der Waals surface area contributed by atoms with Gasteiger partial charge in [-0.15, -0.1) is 5.10 Å². The molecule has 0 unspecified atom stereocenters. The minimum Gasteiger partial charge on any atom is -0.308 e. The second-order valence-corrected chi connectivity index (χ2v) is 5.02. The minimum absolute atomic E-state index is 0.145. The summed E-state index contributed by atoms with van der Waals surface area (Å²) in [6.45, 7) is 3.53. The van der Waals surface area contributed by atoms with Gasteiger partial charge in [0.2, 0.25) is 5.91 Å². The number of hydrogen-bond donors (Lipinski definition) is 1. The van der Waals surface area contributed by atoms with E-state index in [1.165, 1.54) is 0 Å². The van der Waals surface area contributed by atoms with Crippen molar-refractivity contribution >= 4 is 27.7 Å². The monoisotopic (exact) mass is 243 g/mol. The second-order valence-electron chi connectivity index (χ2n) is 3.04. The molecule has 0 fully saturated rings. The average molecular weight is 244 g/mol. The molecule has 1 N–H and O–H groups in total. The van der Waals surface area contributed by atoms with Crippen molar-refractivity contribution in [2.75, 3.05) is 5.32 Å². The zero-order chi connectivity index (χ0) is 9.90. The van der Waals surface area contributed by atoms with Gasteiger partial charge >= 0.3 is 0 Å². The van der Waals surface area contributed by atoms with E-state index in [-0.39, 0.29) is 5.91 Å². The molecule has 13 heavy (non-hydrogen) atoms. The Bertz CT molecular complexity index is 294. The highest BCUT2D eigenvalue weighted by Gasteiger charge is 2.23. The summed E-state index contributed by atoms with van der Waals surface area (Å²) in [5.74, 6) is 0.313. The van der Waals surface area contributed by atoms with Crippen molar-refractivity contribution in [1.82, 2.24) is 10.2 Å². The molecule has 0 aliphatic heterocycles. The molecule has 1 heterocycles. The van der Waals surface area contributed by atoms with Crippen molar-refractivity contribution in [2.24, 2.45) is 0 Å². The van der Waals surface area contributed by atoms with E-state index in [0.717, 1.165) is 0 Å². The molecule has 1 aromatic rings. The Kier molecular flexibility index (Phi) is 2.98. The molecule has 4 nitrogen and oxygen atoms in total. The van der Waals surface area contributed by atoms with Gasteiger partial charge in [-0.25, -0.2) is 0 Å². The Morgan fingerprint density at radius 3 is 2.77 bits per heavy atom. The van der Waals surface area contributed by atoms with E-state index in [1.807, 2.05) is 0 Å². The fourth-order valence-corrected chi connectivity index (χ4v) is 0.732. The van der Waals surface area contributed by atoms with Crippen molar-refractivity contribution < 1.29 is 4.79 Å². The number of anilines is 1. The normalized spacial score (nSPS) is 11.0. The van der Waals surface area contributed by atoms with Gasteiger partial charge in [0.15, 0.2) is 5.82 Å².